The van der Waals surface area contributed by atoms with Gasteiger partial charge >= 0.3 is 5.97 Å². The van der Waals surface area contributed by atoms with Crippen LogP contribution < -0.4 is 0 Å². The summed E-state index contributed by atoms with van der Waals surface area (Å²) in [5.41, 5.74) is 1.38. The van der Waals surface area contributed by atoms with Gasteiger partial charge in [0.15, 0.2) is 0 Å². The summed E-state index contributed by atoms with van der Waals surface area (Å²) in [6.07, 6.45) is 0. The first-order valence-electron chi connectivity index (χ1n) is 4.19. The van der Waals surface area contributed by atoms with Crippen LogP contribution in [-0.4, -0.2) is 24.3 Å². The molecule has 76 valence electrons. The van der Waals surface area contributed by atoms with Crippen molar-refractivity contribution >= 4 is 21.9 Å². The van der Waals surface area contributed by atoms with Crippen LogP contribution in [0.1, 0.15) is 15.9 Å². The molecule has 0 bridgehead atoms. The second-order valence-electron chi connectivity index (χ2n) is 2.82. The third kappa shape index (κ3) is 2.82. The average Bonchev–Trinajstić information content (AvgIpc) is 2.18. The van der Waals surface area contributed by atoms with Crippen molar-refractivity contribution in [3.8, 4) is 0 Å². The Kier molecular flexibility index (Phi) is 4.10. The van der Waals surface area contributed by atoms with Gasteiger partial charge in [-0.2, -0.15) is 0 Å². The number of carbonyl (C=O) groups is 1. The number of hydrogen-bond donors (Lipinski definition) is 1. The minimum absolute atomic E-state index is 0.0325. The molecule has 0 aliphatic carbocycles. The summed E-state index contributed by atoms with van der Waals surface area (Å²) in [5, 5.41) is 8.50. The predicted molar refractivity (Wildman–Crippen MR) is 56.2 cm³/mol. The zero-order chi connectivity index (χ0) is 10.6. The van der Waals surface area contributed by atoms with Crippen LogP contribution in [0, 0.1) is 6.92 Å². The second-order valence-corrected chi connectivity index (χ2v) is 3.73. The van der Waals surface area contributed by atoms with Crippen LogP contribution in [0.2, 0.25) is 0 Å². The SMILES string of the molecule is Cc1ccc(Br)cc1C(=O)OCCO. The van der Waals surface area contributed by atoms with E-state index in [-0.39, 0.29) is 13.2 Å². The number of aliphatic hydroxyl groups excluding tert-OH is 1. The summed E-state index contributed by atoms with van der Waals surface area (Å²) in [4.78, 5) is 11.4. The van der Waals surface area contributed by atoms with E-state index in [1.165, 1.54) is 0 Å². The molecule has 1 rings (SSSR count). The summed E-state index contributed by atoms with van der Waals surface area (Å²) in [5.74, 6) is -0.405. The highest BCUT2D eigenvalue weighted by Gasteiger charge is 2.10. The molecule has 0 heterocycles. The smallest absolute Gasteiger partial charge is 0.338 e. The fourth-order valence-electron chi connectivity index (χ4n) is 1.03. The lowest BCUT2D eigenvalue weighted by atomic mass is 10.1. The zero-order valence-corrected chi connectivity index (χ0v) is 9.37. The number of esters is 1. The largest absolute Gasteiger partial charge is 0.460 e. The molecule has 0 saturated carbocycles. The van der Waals surface area contributed by atoms with Gasteiger partial charge < -0.3 is 9.84 Å². The van der Waals surface area contributed by atoms with E-state index in [1.54, 1.807) is 6.07 Å². The zero-order valence-electron chi connectivity index (χ0n) is 7.79. The van der Waals surface area contributed by atoms with Gasteiger partial charge in [-0.05, 0) is 24.6 Å². The van der Waals surface area contributed by atoms with Crippen LogP contribution in [0.25, 0.3) is 0 Å². The van der Waals surface area contributed by atoms with Crippen molar-refractivity contribution in [3.63, 3.8) is 0 Å². The molecule has 0 amide bonds. The van der Waals surface area contributed by atoms with E-state index in [2.05, 4.69) is 15.9 Å². The van der Waals surface area contributed by atoms with E-state index in [0.717, 1.165) is 10.0 Å². The van der Waals surface area contributed by atoms with Crippen LogP contribution >= 0.6 is 15.9 Å². The van der Waals surface area contributed by atoms with Gasteiger partial charge in [0.05, 0.1) is 12.2 Å². The molecule has 0 radical (unpaired) electrons. The maximum Gasteiger partial charge on any atom is 0.338 e. The molecular weight excluding hydrogens is 248 g/mol. The van der Waals surface area contributed by atoms with Crippen LogP contribution in [0.5, 0.6) is 0 Å². The summed E-state index contributed by atoms with van der Waals surface area (Å²) in [6, 6.07) is 5.40. The van der Waals surface area contributed by atoms with Crippen molar-refractivity contribution in [1.82, 2.24) is 0 Å². The first kappa shape index (κ1) is 11.2. The minimum Gasteiger partial charge on any atom is -0.460 e. The summed E-state index contributed by atoms with van der Waals surface area (Å²) < 4.78 is 5.64. The maximum absolute atomic E-state index is 11.4. The lowest BCUT2D eigenvalue weighted by molar-refractivity contribution is 0.0433. The first-order valence-corrected chi connectivity index (χ1v) is 4.98. The number of carbonyl (C=O) groups excluding carboxylic acids is 1. The Hall–Kier alpha value is -0.870. The number of aliphatic hydroxyl groups is 1. The topological polar surface area (TPSA) is 46.5 Å². The average molecular weight is 259 g/mol. The molecule has 0 aromatic heterocycles. The minimum atomic E-state index is -0.405. The number of rotatable bonds is 3. The highest BCUT2D eigenvalue weighted by molar-refractivity contribution is 9.10. The maximum atomic E-state index is 11.4. The lowest BCUT2D eigenvalue weighted by Crippen LogP contribution is -2.10. The van der Waals surface area contributed by atoms with Gasteiger partial charge in [-0.3, -0.25) is 0 Å². The Balaban J connectivity index is 2.83. The summed E-state index contributed by atoms with van der Waals surface area (Å²) in [6.45, 7) is 1.71. The molecule has 0 fully saturated rings. The summed E-state index contributed by atoms with van der Waals surface area (Å²) >= 11 is 3.28. The van der Waals surface area contributed by atoms with E-state index in [0.29, 0.717) is 5.56 Å². The van der Waals surface area contributed by atoms with Gasteiger partial charge in [0.1, 0.15) is 6.61 Å². The van der Waals surface area contributed by atoms with Crippen LogP contribution in [-0.2, 0) is 4.74 Å². The molecule has 0 aliphatic rings. The van der Waals surface area contributed by atoms with Gasteiger partial charge in [-0.15, -0.1) is 0 Å². The number of ether oxygens (including phenoxy) is 1. The molecule has 0 saturated heterocycles. The lowest BCUT2D eigenvalue weighted by Gasteiger charge is -2.05. The summed E-state index contributed by atoms with van der Waals surface area (Å²) in [7, 11) is 0. The molecule has 0 spiro atoms. The predicted octanol–water partition coefficient (Wildman–Crippen LogP) is 1.91. The van der Waals surface area contributed by atoms with Crippen molar-refractivity contribution in [1.29, 1.82) is 0 Å². The third-order valence-electron chi connectivity index (χ3n) is 1.74. The number of halogens is 1. The Bertz CT molecular complexity index is 336. The molecule has 1 N–H and O–H groups in total. The molecule has 0 aliphatic heterocycles. The Morgan fingerprint density at radius 2 is 2.29 bits per heavy atom. The monoisotopic (exact) mass is 258 g/mol. The van der Waals surface area contributed by atoms with E-state index < -0.39 is 5.97 Å². The van der Waals surface area contributed by atoms with E-state index >= 15 is 0 Å². The van der Waals surface area contributed by atoms with Crippen molar-refractivity contribution in [2.75, 3.05) is 13.2 Å². The molecule has 4 heteroatoms. The molecule has 1 aromatic rings. The molecule has 0 unspecified atom stereocenters. The standard InChI is InChI=1S/C10H11BrO3/c1-7-2-3-8(11)6-9(7)10(13)14-5-4-12/h2-3,6,12H,4-5H2,1H3. The van der Waals surface area contributed by atoms with Crippen LogP contribution in [0.3, 0.4) is 0 Å². The number of hydrogen-bond acceptors (Lipinski definition) is 3. The van der Waals surface area contributed by atoms with Crippen molar-refractivity contribution in [2.24, 2.45) is 0 Å². The highest BCUT2D eigenvalue weighted by atomic mass is 79.9. The molecule has 0 atom stereocenters. The van der Waals surface area contributed by atoms with Gasteiger partial charge in [0, 0.05) is 4.47 Å². The highest BCUT2D eigenvalue weighted by Crippen LogP contribution is 2.16. The third-order valence-corrected chi connectivity index (χ3v) is 2.24. The van der Waals surface area contributed by atoms with Gasteiger partial charge in [-0.25, -0.2) is 4.79 Å². The molecule has 14 heavy (non-hydrogen) atoms. The quantitative estimate of drug-likeness (QED) is 0.843. The molecule has 1 aromatic carbocycles. The number of aryl methyl sites for hydroxylation is 1. The van der Waals surface area contributed by atoms with Gasteiger partial charge in [0.2, 0.25) is 0 Å². The van der Waals surface area contributed by atoms with E-state index in [4.69, 9.17) is 9.84 Å². The first-order chi connectivity index (χ1) is 6.65. The fourth-order valence-corrected chi connectivity index (χ4v) is 1.39. The van der Waals surface area contributed by atoms with Crippen LogP contribution in [0.15, 0.2) is 22.7 Å². The van der Waals surface area contributed by atoms with Crippen molar-refractivity contribution in [3.05, 3.63) is 33.8 Å². The van der Waals surface area contributed by atoms with E-state index in [1.807, 2.05) is 19.1 Å². The Morgan fingerprint density at radius 1 is 1.57 bits per heavy atom. The van der Waals surface area contributed by atoms with Crippen molar-refractivity contribution < 1.29 is 14.6 Å². The molecule has 3 nitrogen and oxygen atoms in total. The fraction of sp³-hybridized carbons (Fsp3) is 0.300. The van der Waals surface area contributed by atoms with Crippen molar-refractivity contribution in [2.45, 2.75) is 6.92 Å². The normalized spacial score (nSPS) is 9.93. The van der Waals surface area contributed by atoms with E-state index in [9.17, 15) is 4.79 Å². The van der Waals surface area contributed by atoms with Crippen LogP contribution in [0.4, 0.5) is 0 Å². The van der Waals surface area contributed by atoms with Gasteiger partial charge in [0.25, 0.3) is 0 Å². The Morgan fingerprint density at radius 3 is 2.93 bits per heavy atom. The second kappa shape index (κ2) is 5.12. The molecular formula is C10H11BrO3. The Labute approximate surface area is 90.8 Å². The van der Waals surface area contributed by atoms with Gasteiger partial charge in [-0.1, -0.05) is 22.0 Å². The number of benzene rings is 1.